The minimum Gasteiger partial charge on any atom is -0.244 e. The molecule has 4 rings (SSSR count). The van der Waals surface area contributed by atoms with E-state index >= 15 is 0 Å². The van der Waals surface area contributed by atoms with E-state index in [2.05, 4.69) is 0 Å². The molecule has 1 aromatic heterocycles. The molecule has 7 heteroatoms. The van der Waals surface area contributed by atoms with Crippen LogP contribution in [0.3, 0.4) is 0 Å². The Balaban J connectivity index is 1.96. The first-order chi connectivity index (χ1) is 14.0. The second kappa shape index (κ2) is 7.85. The number of benzene rings is 3. The predicted octanol–water partition coefficient (Wildman–Crippen LogP) is 5.01. The second-order valence-electron chi connectivity index (χ2n) is 6.50. The first-order valence-electron chi connectivity index (χ1n) is 8.94. The second-order valence-corrected chi connectivity index (χ2v) is 9.29. The molecule has 0 spiro atoms. The van der Waals surface area contributed by atoms with Gasteiger partial charge in [0.15, 0.2) is 0 Å². The van der Waals surface area contributed by atoms with Gasteiger partial charge < -0.3 is 0 Å². The van der Waals surface area contributed by atoms with E-state index in [1.54, 1.807) is 18.4 Å². The third-order valence-electron chi connectivity index (χ3n) is 4.42. The maximum absolute atomic E-state index is 12.1. The molecule has 0 fully saturated rings. The van der Waals surface area contributed by atoms with Crippen LogP contribution in [-0.2, 0) is 10.0 Å². The van der Waals surface area contributed by atoms with Gasteiger partial charge in [-0.25, -0.2) is 22.1 Å². The Bertz CT molecular complexity index is 1260. The summed E-state index contributed by atoms with van der Waals surface area (Å²) in [5.74, 6) is 0. The molecule has 0 N–H and O–H groups in total. The predicted molar refractivity (Wildman–Crippen MR) is 121 cm³/mol. The summed E-state index contributed by atoms with van der Waals surface area (Å²) in [4.78, 5) is 9.76. The Labute approximate surface area is 174 Å². The van der Waals surface area contributed by atoms with Gasteiger partial charge in [0.2, 0.25) is 10.0 Å². The summed E-state index contributed by atoms with van der Waals surface area (Å²) in [6, 6.07) is 25.1. The molecule has 0 amide bonds. The number of sulfonamides is 1. The van der Waals surface area contributed by atoms with E-state index in [1.165, 1.54) is 9.97 Å². The van der Waals surface area contributed by atoms with E-state index in [0.29, 0.717) is 16.7 Å². The van der Waals surface area contributed by atoms with Crippen molar-refractivity contribution in [3.63, 3.8) is 0 Å². The number of rotatable bonds is 5. The first kappa shape index (κ1) is 19.4. The largest absolute Gasteiger partial charge is 0.244 e. The summed E-state index contributed by atoms with van der Waals surface area (Å²) >= 11 is 1.14. The summed E-state index contributed by atoms with van der Waals surface area (Å²) in [6.07, 6.45) is 2.91. The van der Waals surface area contributed by atoms with Crippen molar-refractivity contribution in [3.05, 3.63) is 78.9 Å². The summed E-state index contributed by atoms with van der Waals surface area (Å²) in [5, 5.41) is 0. The highest BCUT2D eigenvalue weighted by atomic mass is 32.3. The van der Waals surface area contributed by atoms with Gasteiger partial charge in [-0.15, -0.1) is 0 Å². The third kappa shape index (κ3) is 3.97. The van der Waals surface area contributed by atoms with Crippen LogP contribution in [0.2, 0.25) is 0 Å². The molecule has 1 heterocycles. The fraction of sp³-hybridized carbons (Fsp3) is 0.0909. The maximum atomic E-state index is 12.1. The van der Waals surface area contributed by atoms with Crippen molar-refractivity contribution in [3.8, 4) is 22.5 Å². The van der Waals surface area contributed by atoms with Crippen LogP contribution in [0.15, 0.2) is 78.9 Å². The Morgan fingerprint density at radius 1 is 0.759 bits per heavy atom. The molecule has 29 heavy (non-hydrogen) atoms. The van der Waals surface area contributed by atoms with Crippen LogP contribution < -0.4 is 3.71 Å². The van der Waals surface area contributed by atoms with Crippen molar-refractivity contribution in [2.24, 2.45) is 0 Å². The molecule has 0 aliphatic carbocycles. The summed E-state index contributed by atoms with van der Waals surface area (Å²) in [6.45, 7) is 0. The van der Waals surface area contributed by atoms with E-state index in [4.69, 9.17) is 9.97 Å². The van der Waals surface area contributed by atoms with Gasteiger partial charge in [-0.3, -0.25) is 0 Å². The first-order valence-corrected chi connectivity index (χ1v) is 12.0. The van der Waals surface area contributed by atoms with Crippen molar-refractivity contribution in [1.29, 1.82) is 0 Å². The Morgan fingerprint density at radius 3 is 1.76 bits per heavy atom. The summed E-state index contributed by atoms with van der Waals surface area (Å²) in [7, 11) is -3.40. The Kier molecular flexibility index (Phi) is 5.25. The van der Waals surface area contributed by atoms with Gasteiger partial charge in [0.1, 0.15) is 0 Å². The highest BCUT2D eigenvalue weighted by Crippen LogP contribution is 2.33. The number of hydrogen-bond donors (Lipinski definition) is 0. The molecule has 0 radical (unpaired) electrons. The van der Waals surface area contributed by atoms with Crippen LogP contribution in [0, 0.1) is 0 Å². The normalized spacial score (nSPS) is 11.5. The van der Waals surface area contributed by atoms with Crippen LogP contribution in [0.5, 0.6) is 0 Å². The minimum atomic E-state index is -3.40. The SMILES string of the molecule is CSN(c1ccc2nc(-c3ccccc3)c(-c3ccccc3)nc2c1)S(C)(=O)=O. The van der Waals surface area contributed by atoms with Crippen LogP contribution in [0.4, 0.5) is 5.69 Å². The highest BCUT2D eigenvalue weighted by Gasteiger charge is 2.18. The molecule has 0 saturated carbocycles. The molecule has 146 valence electrons. The van der Waals surface area contributed by atoms with Gasteiger partial charge in [0.25, 0.3) is 0 Å². The molecule has 0 unspecified atom stereocenters. The average Bonchev–Trinajstić information content (AvgIpc) is 2.73. The van der Waals surface area contributed by atoms with E-state index in [9.17, 15) is 8.42 Å². The number of nitrogens with zero attached hydrogens (tertiary/aromatic N) is 3. The van der Waals surface area contributed by atoms with Crippen molar-refractivity contribution < 1.29 is 8.42 Å². The fourth-order valence-corrected chi connectivity index (χ4v) is 5.09. The maximum Gasteiger partial charge on any atom is 0.241 e. The van der Waals surface area contributed by atoms with Crippen molar-refractivity contribution in [2.45, 2.75) is 0 Å². The number of anilines is 1. The van der Waals surface area contributed by atoms with Crippen molar-refractivity contribution >= 4 is 38.7 Å². The van der Waals surface area contributed by atoms with Gasteiger partial charge in [-0.1, -0.05) is 60.7 Å². The topological polar surface area (TPSA) is 63.2 Å². The summed E-state index contributed by atoms with van der Waals surface area (Å²) in [5.41, 5.74) is 5.39. The molecule has 0 aliphatic rings. The number of fused-ring (bicyclic) bond motifs is 1. The van der Waals surface area contributed by atoms with Crippen molar-refractivity contribution in [1.82, 2.24) is 9.97 Å². The molecule has 4 aromatic rings. The van der Waals surface area contributed by atoms with Crippen LogP contribution in [0.1, 0.15) is 0 Å². The molecular formula is C22H19N3O2S2. The zero-order valence-corrected chi connectivity index (χ0v) is 17.6. The van der Waals surface area contributed by atoms with Crippen LogP contribution in [0.25, 0.3) is 33.5 Å². The van der Waals surface area contributed by atoms with E-state index in [0.717, 1.165) is 34.5 Å². The average molecular weight is 422 g/mol. The van der Waals surface area contributed by atoms with E-state index < -0.39 is 10.0 Å². The van der Waals surface area contributed by atoms with Gasteiger partial charge in [0.05, 0.1) is 34.4 Å². The van der Waals surface area contributed by atoms with Crippen molar-refractivity contribution in [2.75, 3.05) is 16.2 Å². The lowest BCUT2D eigenvalue weighted by Gasteiger charge is -2.19. The lowest BCUT2D eigenvalue weighted by atomic mass is 10.0. The molecule has 3 aromatic carbocycles. The quantitative estimate of drug-likeness (QED) is 0.424. The van der Waals surface area contributed by atoms with E-state index in [-0.39, 0.29) is 0 Å². The Morgan fingerprint density at radius 2 is 1.28 bits per heavy atom. The zero-order valence-electron chi connectivity index (χ0n) is 16.0. The standard InChI is InChI=1S/C22H19N3O2S2/c1-28-25(29(2,26)27)18-13-14-19-20(15-18)24-22(17-11-7-4-8-12-17)21(23-19)16-9-5-3-6-10-16/h3-15H,1-2H3. The molecule has 5 nitrogen and oxygen atoms in total. The fourth-order valence-electron chi connectivity index (χ4n) is 3.18. The molecular weight excluding hydrogens is 402 g/mol. The molecule has 0 aliphatic heterocycles. The zero-order chi connectivity index (χ0) is 20.4. The third-order valence-corrected chi connectivity index (χ3v) is 7.04. The van der Waals surface area contributed by atoms with E-state index in [1.807, 2.05) is 66.7 Å². The highest BCUT2D eigenvalue weighted by molar-refractivity contribution is 8.14. The lowest BCUT2D eigenvalue weighted by Crippen LogP contribution is -2.21. The monoisotopic (exact) mass is 421 g/mol. The summed E-state index contributed by atoms with van der Waals surface area (Å²) < 4.78 is 25.5. The number of hydrogen-bond acceptors (Lipinski definition) is 5. The molecule has 0 bridgehead atoms. The number of aromatic nitrogens is 2. The van der Waals surface area contributed by atoms with Gasteiger partial charge in [-0.2, -0.15) is 0 Å². The van der Waals surface area contributed by atoms with Crippen LogP contribution in [-0.4, -0.2) is 30.9 Å². The molecule has 0 saturated heterocycles. The van der Waals surface area contributed by atoms with Crippen LogP contribution >= 0.6 is 11.9 Å². The van der Waals surface area contributed by atoms with Gasteiger partial charge >= 0.3 is 0 Å². The van der Waals surface area contributed by atoms with Gasteiger partial charge in [0, 0.05) is 17.4 Å². The smallest absolute Gasteiger partial charge is 0.241 e. The molecule has 0 atom stereocenters. The lowest BCUT2D eigenvalue weighted by molar-refractivity contribution is 0.604. The van der Waals surface area contributed by atoms with Gasteiger partial charge in [-0.05, 0) is 30.1 Å². The Hall–Kier alpha value is -2.90. The minimum absolute atomic E-state index is 0.549.